The molecule has 0 fully saturated rings. The summed E-state index contributed by atoms with van der Waals surface area (Å²) in [6.07, 6.45) is 4.61. The van der Waals surface area contributed by atoms with Crippen LogP contribution in [0.1, 0.15) is 37.6 Å². The zero-order chi connectivity index (χ0) is 21.1. The van der Waals surface area contributed by atoms with E-state index in [1.54, 1.807) is 35.8 Å². The van der Waals surface area contributed by atoms with Crippen molar-refractivity contribution in [2.24, 2.45) is 5.92 Å². The van der Waals surface area contributed by atoms with Gasteiger partial charge in [0.1, 0.15) is 4.83 Å². The maximum absolute atomic E-state index is 13.3. The smallest absolute Gasteiger partial charge is 0.321 e. The van der Waals surface area contributed by atoms with Crippen LogP contribution in [0.2, 0.25) is 0 Å². The van der Waals surface area contributed by atoms with E-state index in [9.17, 15) is 14.4 Å². The van der Waals surface area contributed by atoms with Crippen molar-refractivity contribution < 1.29 is 9.59 Å². The molecule has 0 saturated heterocycles. The van der Waals surface area contributed by atoms with Gasteiger partial charge < -0.3 is 5.32 Å². The number of nitrogens with zero attached hydrogens (tertiary/aromatic N) is 2. The zero-order valence-electron chi connectivity index (χ0n) is 16.9. The molecule has 1 aliphatic rings. The highest BCUT2D eigenvalue weighted by atomic mass is 32.2. The minimum absolute atomic E-state index is 0.0826. The first-order valence-electron chi connectivity index (χ1n) is 9.77. The molecule has 3 rings (SSSR count). The van der Waals surface area contributed by atoms with E-state index in [-0.39, 0.29) is 5.56 Å². The lowest BCUT2D eigenvalue weighted by Gasteiger charge is -2.18. The van der Waals surface area contributed by atoms with Gasteiger partial charge in [-0.25, -0.2) is 9.78 Å². The third-order valence-electron chi connectivity index (χ3n) is 4.92. The number of carbonyl (C=O) groups excluding carboxylic acids is 2. The summed E-state index contributed by atoms with van der Waals surface area (Å²) in [5.41, 5.74) is 1.05. The summed E-state index contributed by atoms with van der Waals surface area (Å²) in [5, 5.41) is 5.42. The molecule has 2 N–H and O–H groups in total. The number of fused-ring (bicyclic) bond motifs is 3. The van der Waals surface area contributed by atoms with Crippen molar-refractivity contribution >= 4 is 45.3 Å². The lowest BCUT2D eigenvalue weighted by atomic mass is 9.89. The van der Waals surface area contributed by atoms with Crippen LogP contribution in [0.3, 0.4) is 0 Å². The Balaban J connectivity index is 1.96. The quantitative estimate of drug-likeness (QED) is 0.414. The average molecular weight is 435 g/mol. The van der Waals surface area contributed by atoms with Crippen molar-refractivity contribution in [3.05, 3.63) is 33.4 Å². The second-order valence-corrected chi connectivity index (χ2v) is 9.63. The summed E-state index contributed by atoms with van der Waals surface area (Å²) in [6.45, 7) is 10.2. The summed E-state index contributed by atoms with van der Waals surface area (Å²) in [5.74, 6) is 0.178. The van der Waals surface area contributed by atoms with Gasteiger partial charge in [0.25, 0.3) is 5.56 Å². The van der Waals surface area contributed by atoms with Crippen LogP contribution in [0.4, 0.5) is 4.79 Å². The number of thioether (sulfide) groups is 1. The number of hydrogen-bond donors (Lipinski definition) is 2. The number of imide groups is 1. The Bertz CT molecular complexity index is 1010. The summed E-state index contributed by atoms with van der Waals surface area (Å²) >= 11 is 2.76. The molecule has 3 amide bonds. The number of aryl methyl sites for hydroxylation is 1. The van der Waals surface area contributed by atoms with Gasteiger partial charge in [0.05, 0.1) is 10.6 Å². The van der Waals surface area contributed by atoms with Gasteiger partial charge in [-0.2, -0.15) is 0 Å². The van der Waals surface area contributed by atoms with E-state index < -0.39 is 17.2 Å². The van der Waals surface area contributed by atoms with Crippen LogP contribution < -0.4 is 16.2 Å². The zero-order valence-corrected chi connectivity index (χ0v) is 18.5. The van der Waals surface area contributed by atoms with Crippen LogP contribution in [0, 0.1) is 5.92 Å². The van der Waals surface area contributed by atoms with Crippen molar-refractivity contribution in [3.63, 3.8) is 0 Å². The number of amides is 3. The predicted molar refractivity (Wildman–Crippen MR) is 118 cm³/mol. The fraction of sp³-hybridized carbons (Fsp3) is 0.500. The Kier molecular flexibility index (Phi) is 6.79. The Morgan fingerprint density at radius 2 is 2.24 bits per heavy atom. The molecule has 2 aromatic heterocycles. The van der Waals surface area contributed by atoms with Crippen LogP contribution >= 0.6 is 23.1 Å². The van der Waals surface area contributed by atoms with Gasteiger partial charge in [-0.15, -0.1) is 17.9 Å². The molecule has 1 aliphatic carbocycles. The van der Waals surface area contributed by atoms with E-state index in [2.05, 4.69) is 24.1 Å². The molecule has 0 bridgehead atoms. The highest BCUT2D eigenvalue weighted by molar-refractivity contribution is 8.00. The third-order valence-corrected chi connectivity index (χ3v) is 7.16. The van der Waals surface area contributed by atoms with E-state index >= 15 is 0 Å². The standard InChI is InChI=1S/C20H26N4O3S2/c1-5-9-24-18(26)15-13-8-7-11(3)10-14(13)29-17(15)23-20(24)28-12(4)16(25)22-19(27)21-6-2/h5,11-12H,1,6-10H2,2-4H3,(H2,21,22,25,27)/t11-,12-/m0/s1. The number of hydrogen-bond acceptors (Lipinski definition) is 6. The molecule has 2 heterocycles. The number of allylic oxidation sites excluding steroid dienone is 1. The van der Waals surface area contributed by atoms with E-state index in [0.717, 1.165) is 29.7 Å². The van der Waals surface area contributed by atoms with Gasteiger partial charge in [0, 0.05) is 18.0 Å². The molecular weight excluding hydrogens is 408 g/mol. The van der Waals surface area contributed by atoms with Gasteiger partial charge in [0.15, 0.2) is 5.16 Å². The topological polar surface area (TPSA) is 93.1 Å². The molecule has 9 heteroatoms. The Morgan fingerprint density at radius 3 is 2.93 bits per heavy atom. The SMILES string of the molecule is C=CCn1c(S[C@@H](C)C(=O)NC(=O)NCC)nc2sc3c(c2c1=O)CC[C@H](C)C3. The number of aromatic nitrogens is 2. The first-order chi connectivity index (χ1) is 13.8. The van der Waals surface area contributed by atoms with Crippen LogP contribution in [-0.4, -0.2) is 33.3 Å². The first kappa shape index (κ1) is 21.6. The van der Waals surface area contributed by atoms with Gasteiger partial charge in [-0.1, -0.05) is 24.8 Å². The second kappa shape index (κ2) is 9.13. The van der Waals surface area contributed by atoms with Crippen molar-refractivity contribution in [1.29, 1.82) is 0 Å². The molecular formula is C20H26N4O3S2. The minimum Gasteiger partial charge on any atom is -0.338 e. The maximum atomic E-state index is 13.3. The van der Waals surface area contributed by atoms with Gasteiger partial charge in [-0.3, -0.25) is 19.5 Å². The molecule has 0 saturated carbocycles. The fourth-order valence-electron chi connectivity index (χ4n) is 3.41. The van der Waals surface area contributed by atoms with Crippen molar-refractivity contribution in [2.75, 3.05) is 6.54 Å². The summed E-state index contributed by atoms with van der Waals surface area (Å²) in [4.78, 5) is 43.9. The van der Waals surface area contributed by atoms with Crippen molar-refractivity contribution in [3.8, 4) is 0 Å². The number of rotatable bonds is 6. The molecule has 0 spiro atoms. The maximum Gasteiger partial charge on any atom is 0.321 e. The first-order valence-corrected chi connectivity index (χ1v) is 11.5. The molecule has 0 radical (unpaired) electrons. The van der Waals surface area contributed by atoms with Crippen molar-refractivity contribution in [1.82, 2.24) is 20.2 Å². The molecule has 156 valence electrons. The van der Waals surface area contributed by atoms with Gasteiger partial charge in [0.2, 0.25) is 5.91 Å². The van der Waals surface area contributed by atoms with Crippen LogP contribution in [0.5, 0.6) is 0 Å². The Labute approximate surface area is 178 Å². The highest BCUT2D eigenvalue weighted by Crippen LogP contribution is 2.36. The van der Waals surface area contributed by atoms with E-state index in [0.29, 0.717) is 29.6 Å². The third kappa shape index (κ3) is 4.56. The fourth-order valence-corrected chi connectivity index (χ4v) is 5.76. The van der Waals surface area contributed by atoms with Gasteiger partial charge in [-0.05, 0) is 44.6 Å². The van der Waals surface area contributed by atoms with Crippen molar-refractivity contribution in [2.45, 2.75) is 57.0 Å². The van der Waals surface area contributed by atoms with Crippen LogP contribution in [0.25, 0.3) is 10.2 Å². The molecule has 7 nitrogen and oxygen atoms in total. The van der Waals surface area contributed by atoms with E-state index in [1.165, 1.54) is 16.6 Å². The van der Waals surface area contributed by atoms with Crippen LogP contribution in [0.15, 0.2) is 22.6 Å². The summed E-state index contributed by atoms with van der Waals surface area (Å²) in [7, 11) is 0. The van der Waals surface area contributed by atoms with E-state index in [1.807, 2.05) is 0 Å². The monoisotopic (exact) mass is 434 g/mol. The molecule has 0 aliphatic heterocycles. The van der Waals surface area contributed by atoms with Crippen LogP contribution in [-0.2, 0) is 24.2 Å². The lowest BCUT2D eigenvalue weighted by molar-refractivity contribution is -0.119. The predicted octanol–water partition coefficient (Wildman–Crippen LogP) is 3.10. The normalized spacial score (nSPS) is 16.9. The number of carbonyl (C=O) groups is 2. The molecule has 0 aromatic carbocycles. The summed E-state index contributed by atoms with van der Waals surface area (Å²) in [6, 6.07) is -0.531. The Morgan fingerprint density at radius 1 is 1.48 bits per heavy atom. The number of nitrogens with one attached hydrogen (secondary N) is 2. The van der Waals surface area contributed by atoms with E-state index in [4.69, 9.17) is 4.98 Å². The highest BCUT2D eigenvalue weighted by Gasteiger charge is 2.26. The average Bonchev–Trinajstić information content (AvgIpc) is 3.02. The minimum atomic E-state index is -0.590. The summed E-state index contributed by atoms with van der Waals surface area (Å²) < 4.78 is 1.57. The molecule has 29 heavy (non-hydrogen) atoms. The van der Waals surface area contributed by atoms with Gasteiger partial charge >= 0.3 is 6.03 Å². The second-order valence-electron chi connectivity index (χ2n) is 7.24. The number of urea groups is 1. The lowest BCUT2D eigenvalue weighted by Crippen LogP contribution is -2.42. The molecule has 2 aromatic rings. The largest absolute Gasteiger partial charge is 0.338 e. The number of thiophene rings is 1. The Hall–Kier alpha value is -2.13. The molecule has 0 unspecified atom stereocenters. The molecule has 2 atom stereocenters.